The Morgan fingerprint density at radius 1 is 1.14 bits per heavy atom. The second-order valence-electron chi connectivity index (χ2n) is 7.28. The molecule has 35 heavy (non-hydrogen) atoms. The third-order valence-corrected chi connectivity index (χ3v) is 5.18. The van der Waals surface area contributed by atoms with Crippen molar-refractivity contribution in [2.24, 2.45) is 10.7 Å². The van der Waals surface area contributed by atoms with Crippen LogP contribution in [0.2, 0.25) is 0 Å². The van der Waals surface area contributed by atoms with E-state index in [1.165, 1.54) is 38.7 Å². The maximum atomic E-state index is 14.6. The summed E-state index contributed by atoms with van der Waals surface area (Å²) in [5, 5.41) is 7.70. The number of aromatic nitrogens is 5. The number of aliphatic imine (C=N–C) groups is 1. The van der Waals surface area contributed by atoms with Gasteiger partial charge in [-0.05, 0) is 48.0 Å². The Morgan fingerprint density at radius 2 is 1.77 bits per heavy atom. The van der Waals surface area contributed by atoms with Crippen molar-refractivity contribution in [3.63, 3.8) is 0 Å². The van der Waals surface area contributed by atoms with Gasteiger partial charge < -0.3 is 20.5 Å². The maximum absolute atomic E-state index is 14.6. The lowest BCUT2D eigenvalue weighted by Gasteiger charge is -2.20. The van der Waals surface area contributed by atoms with Crippen molar-refractivity contribution in [3.05, 3.63) is 88.1 Å². The van der Waals surface area contributed by atoms with Crippen molar-refractivity contribution in [2.75, 3.05) is 26.6 Å². The fourth-order valence-corrected chi connectivity index (χ4v) is 3.41. The zero-order chi connectivity index (χ0) is 24.9. The van der Waals surface area contributed by atoms with Gasteiger partial charge in [-0.1, -0.05) is 0 Å². The van der Waals surface area contributed by atoms with Gasteiger partial charge >= 0.3 is 5.69 Å². The number of ether oxygens (including phenoxy) is 2. The molecule has 0 aliphatic heterocycles. The van der Waals surface area contributed by atoms with Gasteiger partial charge in [0.1, 0.15) is 11.9 Å². The molecule has 0 aliphatic carbocycles. The first-order valence-electron chi connectivity index (χ1n) is 10.4. The first-order chi connectivity index (χ1) is 16.9. The van der Waals surface area contributed by atoms with Gasteiger partial charge in [-0.25, -0.2) is 14.8 Å². The van der Waals surface area contributed by atoms with Gasteiger partial charge in [0.05, 0.1) is 14.2 Å². The molecular weight excluding hydrogens is 455 g/mol. The predicted molar refractivity (Wildman–Crippen MR) is 128 cm³/mol. The predicted octanol–water partition coefficient (Wildman–Crippen LogP) is 2.04. The summed E-state index contributed by atoms with van der Waals surface area (Å²) in [7, 11) is 4.31. The zero-order valence-electron chi connectivity index (χ0n) is 19.2. The number of halogens is 1. The minimum atomic E-state index is -0.737. The van der Waals surface area contributed by atoms with E-state index >= 15 is 0 Å². The van der Waals surface area contributed by atoms with Gasteiger partial charge in [0.15, 0.2) is 17.3 Å². The summed E-state index contributed by atoms with van der Waals surface area (Å²) in [4.78, 5) is 27.5. The first-order valence-corrected chi connectivity index (χ1v) is 10.4. The van der Waals surface area contributed by atoms with Crippen molar-refractivity contribution < 1.29 is 13.9 Å². The molecule has 0 amide bonds. The van der Waals surface area contributed by atoms with E-state index < -0.39 is 17.5 Å². The van der Waals surface area contributed by atoms with E-state index in [0.29, 0.717) is 17.1 Å². The molecule has 0 saturated heterocycles. The Morgan fingerprint density at radius 3 is 2.34 bits per heavy atom. The number of H-pyrrole nitrogens is 1. The molecule has 4 rings (SSSR count). The van der Waals surface area contributed by atoms with Crippen molar-refractivity contribution in [1.29, 1.82) is 0 Å². The highest BCUT2D eigenvalue weighted by molar-refractivity contribution is 5.97. The Labute approximate surface area is 199 Å². The molecule has 11 nitrogen and oxygen atoms in total. The lowest BCUT2D eigenvalue weighted by molar-refractivity contribution is 0.349. The second kappa shape index (κ2) is 10.0. The number of benzene rings is 2. The van der Waals surface area contributed by atoms with E-state index in [0.717, 1.165) is 10.2 Å². The van der Waals surface area contributed by atoms with E-state index in [-0.39, 0.29) is 23.3 Å². The van der Waals surface area contributed by atoms with Crippen LogP contribution in [0, 0.1) is 5.82 Å². The molecule has 180 valence electrons. The second-order valence-corrected chi connectivity index (χ2v) is 7.28. The molecule has 0 fully saturated rings. The van der Waals surface area contributed by atoms with Crippen LogP contribution >= 0.6 is 0 Å². The quantitative estimate of drug-likeness (QED) is 0.258. The molecule has 2 heterocycles. The molecule has 4 aromatic rings. The van der Waals surface area contributed by atoms with Crippen molar-refractivity contribution in [3.8, 4) is 17.4 Å². The number of rotatable bonds is 8. The van der Waals surface area contributed by atoms with E-state index in [4.69, 9.17) is 15.2 Å². The van der Waals surface area contributed by atoms with Crippen molar-refractivity contribution in [1.82, 2.24) is 24.7 Å². The van der Waals surface area contributed by atoms with E-state index in [1.54, 1.807) is 37.4 Å². The Balaban J connectivity index is 1.81. The van der Waals surface area contributed by atoms with Gasteiger partial charge in [-0.2, -0.15) is 4.39 Å². The van der Waals surface area contributed by atoms with Crippen LogP contribution in [0.4, 0.5) is 10.1 Å². The molecule has 0 radical (unpaired) electrons. The number of nitrogens with zero attached hydrogens (tertiary/aromatic N) is 5. The number of amidine groups is 1. The number of methoxy groups -OCH3 is 2. The number of aromatic amines is 1. The van der Waals surface area contributed by atoms with Gasteiger partial charge in [-0.3, -0.25) is 9.98 Å². The third-order valence-electron chi connectivity index (χ3n) is 5.18. The fourth-order valence-electron chi connectivity index (χ4n) is 3.41. The Bertz CT molecular complexity index is 1380. The van der Waals surface area contributed by atoms with Crippen LogP contribution < -0.4 is 26.2 Å². The Kier molecular flexibility index (Phi) is 6.71. The van der Waals surface area contributed by atoms with E-state index in [2.05, 4.69) is 30.4 Å². The molecule has 12 heteroatoms. The molecule has 0 aliphatic rings. The number of nitrogens with one attached hydrogen (secondary N) is 2. The molecule has 1 atom stereocenters. The lowest BCUT2D eigenvalue weighted by Crippen LogP contribution is -2.18. The minimum absolute atomic E-state index is 0.0263. The first kappa shape index (κ1) is 23.4. The molecule has 2 aromatic heterocycles. The molecule has 0 saturated carbocycles. The van der Waals surface area contributed by atoms with Crippen LogP contribution in [0.25, 0.3) is 5.95 Å². The number of anilines is 1. The number of hydrogen-bond acceptors (Lipinski definition) is 8. The van der Waals surface area contributed by atoms with Gasteiger partial charge in [0.2, 0.25) is 5.82 Å². The average molecular weight is 478 g/mol. The number of nitrogens with two attached hydrogens (primary N) is 1. The highest BCUT2D eigenvalue weighted by Crippen LogP contribution is 2.34. The monoisotopic (exact) mass is 478 g/mol. The topological polar surface area (TPSA) is 145 Å². The molecule has 1 unspecified atom stereocenters. The van der Waals surface area contributed by atoms with Gasteiger partial charge in [0, 0.05) is 30.7 Å². The van der Waals surface area contributed by atoms with E-state index in [1.807, 2.05) is 0 Å². The summed E-state index contributed by atoms with van der Waals surface area (Å²) in [6.07, 6.45) is 3.00. The summed E-state index contributed by atoms with van der Waals surface area (Å²) >= 11 is 0. The highest BCUT2D eigenvalue weighted by Gasteiger charge is 2.24. The van der Waals surface area contributed by atoms with Crippen molar-refractivity contribution in [2.45, 2.75) is 6.04 Å². The largest absolute Gasteiger partial charge is 0.494 e. The summed E-state index contributed by atoms with van der Waals surface area (Å²) in [6, 6.07) is 11.1. The van der Waals surface area contributed by atoms with Crippen LogP contribution in [0.1, 0.15) is 23.0 Å². The van der Waals surface area contributed by atoms with Gasteiger partial charge in [-0.15, -0.1) is 9.78 Å². The summed E-state index contributed by atoms with van der Waals surface area (Å²) in [5.41, 5.74) is 7.29. The van der Waals surface area contributed by atoms with Crippen molar-refractivity contribution >= 4 is 11.5 Å². The van der Waals surface area contributed by atoms with Crippen LogP contribution in [-0.4, -0.2) is 51.8 Å². The Hall–Kier alpha value is -4.74. The zero-order valence-corrected chi connectivity index (χ0v) is 19.2. The van der Waals surface area contributed by atoms with Crippen LogP contribution in [0.3, 0.4) is 0 Å². The van der Waals surface area contributed by atoms with Crippen LogP contribution in [0.15, 0.2) is 64.6 Å². The average Bonchev–Trinajstić information content (AvgIpc) is 3.29. The third kappa shape index (κ3) is 4.81. The lowest BCUT2D eigenvalue weighted by atomic mass is 10.0. The smallest absolute Gasteiger partial charge is 0.350 e. The van der Waals surface area contributed by atoms with Crippen LogP contribution in [0.5, 0.6) is 11.5 Å². The van der Waals surface area contributed by atoms with E-state index in [9.17, 15) is 9.18 Å². The molecule has 2 aromatic carbocycles. The van der Waals surface area contributed by atoms with Crippen LogP contribution in [-0.2, 0) is 0 Å². The molecule has 0 bridgehead atoms. The minimum Gasteiger partial charge on any atom is -0.494 e. The molecule has 4 N–H and O–H groups in total. The standard InChI is InChI=1S/C23H23FN8O3/c1-26-20(25)13-5-7-15(8-6-13)29-19(14-11-16(34-2)18(24)17(12-14)35-3)21-30-23(33)32(31-21)22-27-9-4-10-28-22/h4-12,19,29H,1-3H3,(H2,25,26)(H,30,31,33). The summed E-state index contributed by atoms with van der Waals surface area (Å²) in [6.45, 7) is 0. The summed E-state index contributed by atoms with van der Waals surface area (Å²) < 4.78 is 26.0. The molecule has 0 spiro atoms. The molecular formula is C23H23FN8O3. The maximum Gasteiger partial charge on any atom is 0.350 e. The highest BCUT2D eigenvalue weighted by atomic mass is 19.1. The number of hydrogen-bond donors (Lipinski definition) is 3. The van der Waals surface area contributed by atoms with Gasteiger partial charge in [0.25, 0.3) is 5.95 Å². The fraction of sp³-hybridized carbons (Fsp3) is 0.174. The summed E-state index contributed by atoms with van der Waals surface area (Å²) in [5.74, 6) is 0.0340. The normalized spacial score (nSPS) is 12.3. The SMILES string of the molecule is CN=C(N)c1ccc(NC(c2cc(OC)c(F)c(OC)c2)c2nn(-c3ncccn3)c(=O)[nH]2)cc1.